The summed E-state index contributed by atoms with van der Waals surface area (Å²) in [5, 5.41) is 4.17. The Kier molecular flexibility index (Phi) is 3.68. The van der Waals surface area contributed by atoms with Crippen molar-refractivity contribution in [2.24, 2.45) is 0 Å². The number of hydrogen-bond donors (Lipinski definition) is 0. The Balaban J connectivity index is 2.40. The average Bonchev–Trinajstić information content (AvgIpc) is 2.83. The topological polar surface area (TPSA) is 36.3 Å². The molecule has 0 aliphatic carbocycles. The zero-order valence-electron chi connectivity index (χ0n) is 9.68. The van der Waals surface area contributed by atoms with Crippen LogP contribution in [0.25, 0.3) is 0 Å². The van der Waals surface area contributed by atoms with Crippen LogP contribution in [0.3, 0.4) is 0 Å². The van der Waals surface area contributed by atoms with Crippen molar-refractivity contribution in [2.75, 3.05) is 14.2 Å². The van der Waals surface area contributed by atoms with Crippen LogP contribution in [0.15, 0.2) is 35.1 Å². The van der Waals surface area contributed by atoms with Gasteiger partial charge in [-0.05, 0) is 28.1 Å². The molecule has 0 saturated heterocycles. The highest BCUT2D eigenvalue weighted by Crippen LogP contribution is 2.38. The second-order valence-electron chi connectivity index (χ2n) is 3.48. The molecule has 0 amide bonds. The molecular weight excluding hydrogens is 284 g/mol. The first-order valence-electron chi connectivity index (χ1n) is 5.13. The fourth-order valence-electron chi connectivity index (χ4n) is 1.69. The Morgan fingerprint density at radius 3 is 2.59 bits per heavy atom. The minimum absolute atomic E-state index is 0.653. The number of halogens is 1. The van der Waals surface area contributed by atoms with Gasteiger partial charge in [-0.2, -0.15) is 5.10 Å². The monoisotopic (exact) mass is 296 g/mol. The summed E-state index contributed by atoms with van der Waals surface area (Å²) >= 11 is 3.43. The van der Waals surface area contributed by atoms with Gasteiger partial charge in [0.2, 0.25) is 0 Å². The Hall–Kier alpha value is -1.49. The largest absolute Gasteiger partial charge is 0.492 e. The number of nitrogens with zero attached hydrogens (tertiary/aromatic N) is 2. The van der Waals surface area contributed by atoms with E-state index in [4.69, 9.17) is 9.47 Å². The number of ether oxygens (including phenoxy) is 2. The van der Waals surface area contributed by atoms with E-state index >= 15 is 0 Å². The summed E-state index contributed by atoms with van der Waals surface area (Å²) in [4.78, 5) is 0. The molecule has 17 heavy (non-hydrogen) atoms. The first-order valence-corrected chi connectivity index (χ1v) is 5.92. The predicted molar refractivity (Wildman–Crippen MR) is 68.6 cm³/mol. The van der Waals surface area contributed by atoms with Crippen LogP contribution in [0, 0.1) is 0 Å². The van der Waals surface area contributed by atoms with E-state index in [0.29, 0.717) is 12.3 Å². The van der Waals surface area contributed by atoms with Crippen LogP contribution in [-0.4, -0.2) is 24.0 Å². The van der Waals surface area contributed by atoms with Gasteiger partial charge in [-0.1, -0.05) is 6.07 Å². The lowest BCUT2D eigenvalue weighted by Crippen LogP contribution is -2.03. The van der Waals surface area contributed by atoms with Gasteiger partial charge < -0.3 is 9.47 Å². The molecule has 5 heteroatoms. The normalized spacial score (nSPS) is 10.3. The lowest BCUT2D eigenvalue weighted by molar-refractivity contribution is 0.348. The van der Waals surface area contributed by atoms with E-state index in [-0.39, 0.29) is 0 Å². The van der Waals surface area contributed by atoms with Gasteiger partial charge in [0.25, 0.3) is 0 Å². The van der Waals surface area contributed by atoms with E-state index < -0.39 is 0 Å². The molecule has 1 heterocycles. The minimum Gasteiger partial charge on any atom is -0.492 e. The maximum absolute atomic E-state index is 5.40. The summed E-state index contributed by atoms with van der Waals surface area (Å²) < 4.78 is 13.4. The van der Waals surface area contributed by atoms with Gasteiger partial charge in [-0.25, -0.2) is 0 Å². The maximum atomic E-state index is 5.40. The molecule has 0 fully saturated rings. The molecule has 0 bridgehead atoms. The Bertz CT molecular complexity index is 497. The lowest BCUT2D eigenvalue weighted by atomic mass is 10.2. The molecule has 4 nitrogen and oxygen atoms in total. The van der Waals surface area contributed by atoms with Gasteiger partial charge in [0.15, 0.2) is 11.5 Å². The van der Waals surface area contributed by atoms with Gasteiger partial charge >= 0.3 is 0 Å². The summed E-state index contributed by atoms with van der Waals surface area (Å²) in [5.41, 5.74) is 1.02. The molecule has 0 N–H and O–H groups in total. The van der Waals surface area contributed by atoms with Crippen molar-refractivity contribution in [3.63, 3.8) is 0 Å². The molecule has 0 radical (unpaired) electrons. The van der Waals surface area contributed by atoms with Gasteiger partial charge in [0, 0.05) is 18.0 Å². The number of rotatable bonds is 4. The van der Waals surface area contributed by atoms with Crippen LogP contribution in [0.1, 0.15) is 5.56 Å². The predicted octanol–water partition coefficient (Wildman–Crippen LogP) is 2.71. The quantitative estimate of drug-likeness (QED) is 0.870. The Morgan fingerprint density at radius 2 is 2.00 bits per heavy atom. The highest BCUT2D eigenvalue weighted by molar-refractivity contribution is 9.10. The van der Waals surface area contributed by atoms with Crippen molar-refractivity contribution in [1.29, 1.82) is 0 Å². The molecule has 0 saturated carbocycles. The van der Waals surface area contributed by atoms with E-state index in [2.05, 4.69) is 21.0 Å². The van der Waals surface area contributed by atoms with Crippen molar-refractivity contribution >= 4 is 15.9 Å². The SMILES string of the molecule is COc1c(Br)ccc(Cn2cccn2)c1OC. The zero-order chi connectivity index (χ0) is 12.3. The Labute approximate surface area is 108 Å². The second-order valence-corrected chi connectivity index (χ2v) is 4.33. The highest BCUT2D eigenvalue weighted by atomic mass is 79.9. The first kappa shape index (κ1) is 12.0. The number of hydrogen-bond acceptors (Lipinski definition) is 3. The molecule has 1 aromatic carbocycles. The summed E-state index contributed by atoms with van der Waals surface area (Å²) in [6, 6.07) is 5.83. The number of methoxy groups -OCH3 is 2. The molecule has 0 aliphatic rings. The molecule has 0 spiro atoms. The molecule has 2 aromatic rings. The van der Waals surface area contributed by atoms with Crippen molar-refractivity contribution in [3.05, 3.63) is 40.6 Å². The molecule has 1 aromatic heterocycles. The first-order chi connectivity index (χ1) is 8.26. The van der Waals surface area contributed by atoms with Crippen LogP contribution in [-0.2, 0) is 6.54 Å². The summed E-state index contributed by atoms with van der Waals surface area (Å²) in [6.45, 7) is 0.653. The summed E-state index contributed by atoms with van der Waals surface area (Å²) in [5.74, 6) is 1.44. The van der Waals surface area contributed by atoms with Gasteiger partial charge in [-0.15, -0.1) is 0 Å². The summed E-state index contributed by atoms with van der Waals surface area (Å²) in [6.07, 6.45) is 3.66. The van der Waals surface area contributed by atoms with Crippen LogP contribution >= 0.6 is 15.9 Å². The second kappa shape index (κ2) is 5.23. The average molecular weight is 297 g/mol. The maximum Gasteiger partial charge on any atom is 0.175 e. The highest BCUT2D eigenvalue weighted by Gasteiger charge is 2.13. The van der Waals surface area contributed by atoms with E-state index in [1.807, 2.05) is 29.1 Å². The molecule has 0 unspecified atom stereocenters. The van der Waals surface area contributed by atoms with Gasteiger partial charge in [0.05, 0.1) is 25.2 Å². The minimum atomic E-state index is 0.653. The van der Waals surface area contributed by atoms with E-state index in [1.165, 1.54) is 0 Å². The third-order valence-corrected chi connectivity index (χ3v) is 3.07. The number of benzene rings is 1. The fraction of sp³-hybridized carbons (Fsp3) is 0.250. The smallest absolute Gasteiger partial charge is 0.175 e. The molecule has 0 atom stereocenters. The number of aromatic nitrogens is 2. The zero-order valence-corrected chi connectivity index (χ0v) is 11.3. The summed E-state index contributed by atoms with van der Waals surface area (Å²) in [7, 11) is 3.26. The van der Waals surface area contributed by atoms with Gasteiger partial charge in [-0.3, -0.25) is 4.68 Å². The van der Waals surface area contributed by atoms with Gasteiger partial charge in [0.1, 0.15) is 0 Å². The molecular formula is C12H13BrN2O2. The van der Waals surface area contributed by atoms with Crippen molar-refractivity contribution in [1.82, 2.24) is 9.78 Å². The van der Waals surface area contributed by atoms with E-state index in [0.717, 1.165) is 15.8 Å². The van der Waals surface area contributed by atoms with Crippen molar-refractivity contribution in [2.45, 2.75) is 6.54 Å². The molecule has 2 rings (SSSR count). The van der Waals surface area contributed by atoms with Crippen LogP contribution in [0.2, 0.25) is 0 Å². The standard InChI is InChI=1S/C12H13BrN2O2/c1-16-11-9(8-15-7-3-6-14-15)4-5-10(13)12(11)17-2/h3-7H,8H2,1-2H3. The third kappa shape index (κ3) is 2.44. The van der Waals surface area contributed by atoms with Crippen molar-refractivity contribution < 1.29 is 9.47 Å². The Morgan fingerprint density at radius 1 is 1.24 bits per heavy atom. The van der Waals surface area contributed by atoms with E-state index in [9.17, 15) is 0 Å². The van der Waals surface area contributed by atoms with E-state index in [1.54, 1.807) is 20.4 Å². The molecule has 0 aliphatic heterocycles. The van der Waals surface area contributed by atoms with Crippen LogP contribution in [0.5, 0.6) is 11.5 Å². The molecule has 90 valence electrons. The van der Waals surface area contributed by atoms with Crippen molar-refractivity contribution in [3.8, 4) is 11.5 Å². The van der Waals surface area contributed by atoms with Crippen LogP contribution in [0.4, 0.5) is 0 Å². The van der Waals surface area contributed by atoms with Crippen LogP contribution < -0.4 is 9.47 Å². The third-order valence-electron chi connectivity index (χ3n) is 2.45. The lowest BCUT2D eigenvalue weighted by Gasteiger charge is -2.14. The fourth-order valence-corrected chi connectivity index (χ4v) is 2.16.